The maximum absolute atomic E-state index is 12.6. The number of amides is 2. The summed E-state index contributed by atoms with van der Waals surface area (Å²) in [4.78, 5) is 30.6. The minimum atomic E-state index is -0.0842. The van der Waals surface area contributed by atoms with E-state index in [1.54, 1.807) is 19.3 Å². The van der Waals surface area contributed by atoms with Gasteiger partial charge in [0.25, 0.3) is 5.91 Å². The van der Waals surface area contributed by atoms with Crippen LogP contribution in [0.15, 0.2) is 42.7 Å². The highest BCUT2D eigenvalue weighted by molar-refractivity contribution is 5.98. The van der Waals surface area contributed by atoms with E-state index in [-0.39, 0.29) is 17.2 Å². The third-order valence-corrected chi connectivity index (χ3v) is 5.72. The van der Waals surface area contributed by atoms with Crippen LogP contribution in [0.4, 0.5) is 5.69 Å². The smallest absolute Gasteiger partial charge is 0.251 e. The molecule has 1 N–H and O–H groups in total. The Balaban J connectivity index is 1.59. The van der Waals surface area contributed by atoms with Gasteiger partial charge < -0.3 is 10.2 Å². The molecule has 5 nitrogen and oxygen atoms in total. The Hall–Kier alpha value is -2.69. The van der Waals surface area contributed by atoms with E-state index in [9.17, 15) is 9.59 Å². The lowest BCUT2D eigenvalue weighted by Crippen LogP contribution is -2.34. The van der Waals surface area contributed by atoms with Crippen LogP contribution in [0.3, 0.4) is 0 Å². The van der Waals surface area contributed by atoms with Crippen LogP contribution in [0.2, 0.25) is 0 Å². The van der Waals surface area contributed by atoms with E-state index in [1.165, 1.54) is 18.4 Å². The Morgan fingerprint density at radius 3 is 2.58 bits per heavy atom. The van der Waals surface area contributed by atoms with E-state index in [0.29, 0.717) is 12.1 Å². The van der Waals surface area contributed by atoms with Crippen molar-refractivity contribution in [2.24, 2.45) is 0 Å². The van der Waals surface area contributed by atoms with Gasteiger partial charge in [-0.05, 0) is 54.3 Å². The van der Waals surface area contributed by atoms with Crippen LogP contribution >= 0.6 is 0 Å². The van der Waals surface area contributed by atoms with Gasteiger partial charge in [-0.3, -0.25) is 14.6 Å². The molecule has 2 amide bonds. The molecule has 1 aliphatic heterocycles. The standard InChI is InChI=1S/C21H23N3O2/c1-15(25)24-14-21(8-2-3-9-21)18-12-17(4-5-19(18)24)20(26)23-13-16-6-10-22-11-7-16/h4-7,10-12H,2-3,8-9,13-14H2,1H3,(H,23,26). The molecule has 134 valence electrons. The van der Waals surface area contributed by atoms with Crippen LogP contribution in [0, 0.1) is 0 Å². The Labute approximate surface area is 153 Å². The predicted octanol–water partition coefficient (Wildman–Crippen LogP) is 3.19. The Morgan fingerprint density at radius 1 is 1.15 bits per heavy atom. The number of nitrogens with one attached hydrogen (secondary N) is 1. The number of nitrogens with zero attached hydrogens (tertiary/aromatic N) is 2. The maximum atomic E-state index is 12.6. The molecule has 1 aliphatic carbocycles. The fraction of sp³-hybridized carbons (Fsp3) is 0.381. The molecular weight excluding hydrogens is 326 g/mol. The monoisotopic (exact) mass is 349 g/mol. The summed E-state index contributed by atoms with van der Waals surface area (Å²) in [6.07, 6.45) is 7.99. The van der Waals surface area contributed by atoms with Gasteiger partial charge in [-0.25, -0.2) is 0 Å². The van der Waals surface area contributed by atoms with Crippen molar-refractivity contribution in [2.75, 3.05) is 11.4 Å². The normalized spacial score (nSPS) is 17.3. The quantitative estimate of drug-likeness (QED) is 0.926. The largest absolute Gasteiger partial charge is 0.348 e. The zero-order valence-corrected chi connectivity index (χ0v) is 15.0. The average Bonchev–Trinajstić information content (AvgIpc) is 3.26. The first-order valence-corrected chi connectivity index (χ1v) is 9.19. The first-order chi connectivity index (χ1) is 12.6. The van der Waals surface area contributed by atoms with Crippen LogP contribution < -0.4 is 10.2 Å². The molecular formula is C21H23N3O2. The lowest BCUT2D eigenvalue weighted by Gasteiger charge is -2.24. The first-order valence-electron chi connectivity index (χ1n) is 9.19. The van der Waals surface area contributed by atoms with Gasteiger partial charge in [0.1, 0.15) is 0 Å². The molecule has 0 bridgehead atoms. The van der Waals surface area contributed by atoms with Crippen molar-refractivity contribution in [1.29, 1.82) is 0 Å². The molecule has 0 saturated heterocycles. The number of hydrogen-bond acceptors (Lipinski definition) is 3. The Kier molecular flexibility index (Phi) is 4.23. The minimum absolute atomic E-state index is 0.0302. The molecule has 1 aromatic heterocycles. The molecule has 0 radical (unpaired) electrons. The van der Waals surface area contributed by atoms with E-state index < -0.39 is 0 Å². The zero-order valence-electron chi connectivity index (χ0n) is 15.0. The molecule has 1 aromatic carbocycles. The van der Waals surface area contributed by atoms with Crippen molar-refractivity contribution >= 4 is 17.5 Å². The second-order valence-electron chi connectivity index (χ2n) is 7.36. The summed E-state index contributed by atoms with van der Waals surface area (Å²) in [5.41, 5.74) is 3.86. The molecule has 1 saturated carbocycles. The Bertz CT molecular complexity index is 842. The molecule has 2 aliphatic rings. The molecule has 0 unspecified atom stereocenters. The summed E-state index contributed by atoms with van der Waals surface area (Å²) < 4.78 is 0. The van der Waals surface area contributed by atoms with Crippen LogP contribution in [0.5, 0.6) is 0 Å². The number of rotatable bonds is 3. The molecule has 26 heavy (non-hydrogen) atoms. The summed E-state index contributed by atoms with van der Waals surface area (Å²) in [6.45, 7) is 2.84. The van der Waals surface area contributed by atoms with Gasteiger partial charge in [-0.1, -0.05) is 12.8 Å². The minimum Gasteiger partial charge on any atom is -0.348 e. The van der Waals surface area contributed by atoms with Crippen molar-refractivity contribution in [3.8, 4) is 0 Å². The molecule has 4 rings (SSSR count). The summed E-state index contributed by atoms with van der Waals surface area (Å²) in [5, 5.41) is 2.97. The van der Waals surface area contributed by atoms with Gasteiger partial charge >= 0.3 is 0 Å². The highest BCUT2D eigenvalue weighted by Crippen LogP contribution is 2.50. The fourth-order valence-electron chi connectivity index (χ4n) is 4.36. The summed E-state index contributed by atoms with van der Waals surface area (Å²) in [7, 11) is 0. The van der Waals surface area contributed by atoms with Crippen LogP contribution in [0.25, 0.3) is 0 Å². The summed E-state index contributed by atoms with van der Waals surface area (Å²) in [5.74, 6) is -0.0102. The molecule has 0 atom stereocenters. The molecule has 2 heterocycles. The van der Waals surface area contributed by atoms with Gasteiger partial charge in [-0.15, -0.1) is 0 Å². The highest BCUT2D eigenvalue weighted by Gasteiger charge is 2.45. The van der Waals surface area contributed by atoms with E-state index in [1.807, 2.05) is 35.2 Å². The second-order valence-corrected chi connectivity index (χ2v) is 7.36. The van der Waals surface area contributed by atoms with Crippen molar-refractivity contribution < 1.29 is 9.59 Å². The van der Waals surface area contributed by atoms with Crippen molar-refractivity contribution in [2.45, 2.75) is 44.6 Å². The average molecular weight is 349 g/mol. The fourth-order valence-corrected chi connectivity index (χ4v) is 4.36. The molecule has 1 spiro atoms. The van der Waals surface area contributed by atoms with Gasteiger partial charge in [0.15, 0.2) is 0 Å². The van der Waals surface area contributed by atoms with Crippen LogP contribution in [0.1, 0.15) is 54.1 Å². The van der Waals surface area contributed by atoms with Crippen LogP contribution in [-0.2, 0) is 16.8 Å². The lowest BCUT2D eigenvalue weighted by molar-refractivity contribution is -0.116. The first kappa shape index (κ1) is 16.8. The predicted molar refractivity (Wildman–Crippen MR) is 100 cm³/mol. The lowest BCUT2D eigenvalue weighted by atomic mass is 9.80. The third kappa shape index (κ3) is 2.87. The number of anilines is 1. The zero-order chi connectivity index (χ0) is 18.1. The van der Waals surface area contributed by atoms with Gasteiger partial charge in [0.2, 0.25) is 5.91 Å². The van der Waals surface area contributed by atoms with Crippen molar-refractivity contribution in [3.63, 3.8) is 0 Å². The number of pyridine rings is 1. The van der Waals surface area contributed by atoms with Crippen LogP contribution in [-0.4, -0.2) is 23.3 Å². The summed E-state index contributed by atoms with van der Waals surface area (Å²) >= 11 is 0. The molecule has 2 aromatic rings. The number of carbonyl (C=O) groups excluding carboxylic acids is 2. The van der Waals surface area contributed by atoms with Gasteiger partial charge in [0, 0.05) is 49.1 Å². The van der Waals surface area contributed by atoms with Crippen molar-refractivity contribution in [1.82, 2.24) is 10.3 Å². The van der Waals surface area contributed by atoms with E-state index in [4.69, 9.17) is 0 Å². The SMILES string of the molecule is CC(=O)N1CC2(CCCC2)c2cc(C(=O)NCc3ccncc3)ccc21. The van der Waals surface area contributed by atoms with Gasteiger partial charge in [-0.2, -0.15) is 0 Å². The second kappa shape index (κ2) is 6.56. The van der Waals surface area contributed by atoms with Gasteiger partial charge in [0.05, 0.1) is 0 Å². The highest BCUT2D eigenvalue weighted by atomic mass is 16.2. The molecule has 5 heteroatoms. The van der Waals surface area contributed by atoms with E-state index in [2.05, 4.69) is 10.3 Å². The van der Waals surface area contributed by atoms with E-state index >= 15 is 0 Å². The topological polar surface area (TPSA) is 62.3 Å². The number of fused-ring (bicyclic) bond motifs is 2. The van der Waals surface area contributed by atoms with Crippen molar-refractivity contribution in [3.05, 3.63) is 59.4 Å². The van der Waals surface area contributed by atoms with E-state index in [0.717, 1.165) is 30.6 Å². The Morgan fingerprint density at radius 2 is 1.88 bits per heavy atom. The molecule has 1 fully saturated rings. The number of aromatic nitrogens is 1. The third-order valence-electron chi connectivity index (χ3n) is 5.72. The maximum Gasteiger partial charge on any atom is 0.251 e. The number of benzene rings is 1. The number of carbonyl (C=O) groups is 2. The summed E-state index contributed by atoms with van der Waals surface area (Å²) in [6, 6.07) is 9.55. The number of hydrogen-bond donors (Lipinski definition) is 1.